The van der Waals surface area contributed by atoms with Gasteiger partial charge in [0.2, 0.25) is 5.91 Å². The first-order valence-electron chi connectivity index (χ1n) is 2.00. The van der Waals surface area contributed by atoms with Gasteiger partial charge in [0.25, 0.3) is 0 Å². The number of carbonyl (C=O) groups is 1. The van der Waals surface area contributed by atoms with Gasteiger partial charge in [-0.2, -0.15) is 0 Å². The Morgan fingerprint density at radius 1 is 1.86 bits per heavy atom. The molecule has 0 bridgehead atoms. The monoisotopic (exact) mass is 103 g/mol. The van der Waals surface area contributed by atoms with Gasteiger partial charge in [0.1, 0.15) is 6.10 Å². The molecule has 0 heterocycles. The van der Waals surface area contributed by atoms with Crippen molar-refractivity contribution in [1.82, 2.24) is 0 Å². The van der Waals surface area contributed by atoms with Crippen molar-refractivity contribution in [2.24, 2.45) is 5.73 Å². The highest BCUT2D eigenvalue weighted by molar-refractivity contribution is 5.78. The first-order chi connectivity index (χ1) is 3.18. The third kappa shape index (κ3) is 2.17. The number of rotatable bonds is 2. The van der Waals surface area contributed by atoms with Crippen molar-refractivity contribution in [2.45, 2.75) is 13.0 Å². The van der Waals surface area contributed by atoms with Crippen LogP contribution in [0.2, 0.25) is 0 Å². The van der Waals surface area contributed by atoms with Crippen LogP contribution in [0.25, 0.3) is 0 Å². The van der Waals surface area contributed by atoms with Gasteiger partial charge in [0, 0.05) is 7.11 Å². The fourth-order valence-corrected chi connectivity index (χ4v) is 0.116. The van der Waals surface area contributed by atoms with Crippen LogP contribution in [0.1, 0.15) is 6.92 Å². The third-order valence-electron chi connectivity index (χ3n) is 0.754. The molecule has 0 radical (unpaired) electrons. The SMILES string of the molecule is CO[C@@H](C)C(N)=O. The lowest BCUT2D eigenvalue weighted by Gasteiger charge is -2.00. The Bertz CT molecular complexity index is 72.1. The van der Waals surface area contributed by atoms with Crippen molar-refractivity contribution in [2.75, 3.05) is 7.11 Å². The average Bonchev–Trinajstić information content (AvgIpc) is 1.65. The molecule has 2 N–H and O–H groups in total. The van der Waals surface area contributed by atoms with Gasteiger partial charge in [-0.15, -0.1) is 0 Å². The molecule has 0 rings (SSSR count). The van der Waals surface area contributed by atoms with Gasteiger partial charge in [-0.25, -0.2) is 0 Å². The Morgan fingerprint density at radius 3 is 2.29 bits per heavy atom. The summed E-state index contributed by atoms with van der Waals surface area (Å²) in [6.45, 7) is 1.60. The lowest BCUT2D eigenvalue weighted by molar-refractivity contribution is -0.126. The maximum absolute atomic E-state index is 10.0. The second-order valence-electron chi connectivity index (χ2n) is 1.28. The molecular weight excluding hydrogens is 94.0 g/mol. The molecule has 0 saturated heterocycles. The van der Waals surface area contributed by atoms with Crippen LogP contribution in [-0.4, -0.2) is 19.1 Å². The predicted octanol–water partition coefficient (Wildman–Crippen LogP) is -0.493. The first kappa shape index (κ1) is 6.43. The first-order valence-corrected chi connectivity index (χ1v) is 2.00. The number of methoxy groups -OCH3 is 1. The average molecular weight is 103 g/mol. The van der Waals surface area contributed by atoms with Crippen LogP contribution in [0, 0.1) is 0 Å². The molecule has 7 heavy (non-hydrogen) atoms. The molecule has 0 fully saturated rings. The summed E-state index contributed by atoms with van der Waals surface area (Å²) < 4.78 is 4.54. The summed E-state index contributed by atoms with van der Waals surface area (Å²) >= 11 is 0. The number of amides is 1. The van der Waals surface area contributed by atoms with E-state index in [1.165, 1.54) is 7.11 Å². The highest BCUT2D eigenvalue weighted by Crippen LogP contribution is 1.81. The summed E-state index contributed by atoms with van der Waals surface area (Å²) in [6, 6.07) is 0. The van der Waals surface area contributed by atoms with Crippen molar-refractivity contribution in [3.05, 3.63) is 0 Å². The number of hydrogen-bond acceptors (Lipinski definition) is 2. The molecule has 1 atom stereocenters. The molecule has 0 unspecified atom stereocenters. The van der Waals surface area contributed by atoms with Gasteiger partial charge in [-0.05, 0) is 6.92 Å². The fourth-order valence-electron chi connectivity index (χ4n) is 0.116. The normalized spacial score (nSPS) is 13.4. The van der Waals surface area contributed by atoms with E-state index in [-0.39, 0.29) is 0 Å². The number of carbonyl (C=O) groups excluding carboxylic acids is 1. The smallest absolute Gasteiger partial charge is 0.246 e. The van der Waals surface area contributed by atoms with Crippen LogP contribution in [0.5, 0.6) is 0 Å². The predicted molar refractivity (Wildman–Crippen MR) is 25.7 cm³/mol. The van der Waals surface area contributed by atoms with Crippen molar-refractivity contribution < 1.29 is 9.53 Å². The Kier molecular flexibility index (Phi) is 2.37. The van der Waals surface area contributed by atoms with Gasteiger partial charge >= 0.3 is 0 Å². The molecule has 1 amide bonds. The Hall–Kier alpha value is -0.570. The molecule has 3 nitrogen and oxygen atoms in total. The lowest BCUT2D eigenvalue weighted by atomic mass is 10.4. The molecule has 0 spiro atoms. The van der Waals surface area contributed by atoms with Crippen LogP contribution in [0.15, 0.2) is 0 Å². The summed E-state index contributed by atoms with van der Waals surface area (Å²) in [5, 5.41) is 0. The van der Waals surface area contributed by atoms with E-state index < -0.39 is 12.0 Å². The van der Waals surface area contributed by atoms with Gasteiger partial charge in [0.15, 0.2) is 0 Å². The van der Waals surface area contributed by atoms with Crippen molar-refractivity contribution >= 4 is 5.91 Å². The van der Waals surface area contributed by atoms with Crippen LogP contribution in [0.4, 0.5) is 0 Å². The lowest BCUT2D eigenvalue weighted by Crippen LogP contribution is -2.26. The summed E-state index contributed by atoms with van der Waals surface area (Å²) in [4.78, 5) is 10.0. The van der Waals surface area contributed by atoms with Crippen molar-refractivity contribution in [3.8, 4) is 0 Å². The molecule has 0 aliphatic carbocycles. The minimum atomic E-state index is -0.458. The molecule has 0 aromatic rings. The topological polar surface area (TPSA) is 52.3 Å². The minimum Gasteiger partial charge on any atom is -0.372 e. The van der Waals surface area contributed by atoms with E-state index in [0.29, 0.717) is 0 Å². The zero-order valence-corrected chi connectivity index (χ0v) is 4.47. The zero-order valence-electron chi connectivity index (χ0n) is 4.47. The molecular formula is C4H9NO2. The summed E-state index contributed by atoms with van der Waals surface area (Å²) in [6.07, 6.45) is -0.458. The third-order valence-corrected chi connectivity index (χ3v) is 0.754. The molecule has 0 aromatic heterocycles. The van der Waals surface area contributed by atoms with Crippen molar-refractivity contribution in [3.63, 3.8) is 0 Å². The van der Waals surface area contributed by atoms with Crippen LogP contribution >= 0.6 is 0 Å². The number of primary amides is 1. The van der Waals surface area contributed by atoms with Gasteiger partial charge < -0.3 is 10.5 Å². The van der Waals surface area contributed by atoms with E-state index >= 15 is 0 Å². The van der Waals surface area contributed by atoms with E-state index in [4.69, 9.17) is 5.73 Å². The molecule has 0 aliphatic rings. The van der Waals surface area contributed by atoms with Gasteiger partial charge in [-0.3, -0.25) is 4.79 Å². The van der Waals surface area contributed by atoms with Crippen LogP contribution in [0.3, 0.4) is 0 Å². The summed E-state index contributed by atoms with van der Waals surface area (Å²) in [5.41, 5.74) is 4.78. The highest BCUT2D eigenvalue weighted by Gasteiger charge is 2.03. The van der Waals surface area contributed by atoms with E-state index in [2.05, 4.69) is 4.74 Å². The van der Waals surface area contributed by atoms with Gasteiger partial charge in [-0.1, -0.05) is 0 Å². The standard InChI is InChI=1S/C4H9NO2/c1-3(7-2)4(5)6/h3H,1-2H3,(H2,5,6)/t3-/m0/s1. The quantitative estimate of drug-likeness (QED) is 0.512. The Morgan fingerprint density at radius 2 is 2.29 bits per heavy atom. The fraction of sp³-hybridized carbons (Fsp3) is 0.750. The maximum Gasteiger partial charge on any atom is 0.246 e. The molecule has 3 heteroatoms. The van der Waals surface area contributed by atoms with Crippen LogP contribution < -0.4 is 5.73 Å². The second kappa shape index (κ2) is 2.58. The largest absolute Gasteiger partial charge is 0.372 e. The van der Waals surface area contributed by atoms with E-state index in [9.17, 15) is 4.79 Å². The number of hydrogen-bond donors (Lipinski definition) is 1. The van der Waals surface area contributed by atoms with Crippen LogP contribution in [-0.2, 0) is 9.53 Å². The van der Waals surface area contributed by atoms with E-state index in [0.717, 1.165) is 0 Å². The van der Waals surface area contributed by atoms with E-state index in [1.807, 2.05) is 0 Å². The Balaban J connectivity index is 3.34. The molecule has 0 aliphatic heterocycles. The number of nitrogens with two attached hydrogens (primary N) is 1. The minimum absolute atomic E-state index is 0.428. The van der Waals surface area contributed by atoms with Crippen molar-refractivity contribution in [1.29, 1.82) is 0 Å². The highest BCUT2D eigenvalue weighted by atomic mass is 16.5. The Labute approximate surface area is 42.4 Å². The second-order valence-corrected chi connectivity index (χ2v) is 1.28. The summed E-state index contributed by atoms with van der Waals surface area (Å²) in [5.74, 6) is -0.428. The van der Waals surface area contributed by atoms with Gasteiger partial charge in [0.05, 0.1) is 0 Å². The molecule has 42 valence electrons. The molecule has 0 saturated carbocycles. The maximum atomic E-state index is 10.0. The summed E-state index contributed by atoms with van der Waals surface area (Å²) in [7, 11) is 1.44. The van der Waals surface area contributed by atoms with E-state index in [1.54, 1.807) is 6.92 Å². The zero-order chi connectivity index (χ0) is 5.86. The number of ether oxygens (including phenoxy) is 1. The molecule has 0 aromatic carbocycles.